The molecule has 24 heavy (non-hydrogen) atoms. The first kappa shape index (κ1) is 17.2. The molecule has 2 aromatic heterocycles. The van der Waals surface area contributed by atoms with Crippen LogP contribution in [0.2, 0.25) is 0 Å². The lowest BCUT2D eigenvalue weighted by molar-refractivity contribution is -0.132. The zero-order valence-corrected chi connectivity index (χ0v) is 15.3. The van der Waals surface area contributed by atoms with Crippen molar-refractivity contribution in [1.29, 1.82) is 0 Å². The molecule has 2 aromatic rings. The molecule has 1 aliphatic rings. The van der Waals surface area contributed by atoms with Crippen LogP contribution in [0.3, 0.4) is 0 Å². The molecule has 0 saturated heterocycles. The van der Waals surface area contributed by atoms with Gasteiger partial charge in [0.1, 0.15) is 0 Å². The van der Waals surface area contributed by atoms with Crippen molar-refractivity contribution < 1.29 is 4.79 Å². The first-order valence-electron chi connectivity index (χ1n) is 8.74. The fraction of sp³-hybridized carbons (Fsp3) is 0.556. The number of carbonyl (C=O) groups is 1. The molecule has 6 heteroatoms. The van der Waals surface area contributed by atoms with Gasteiger partial charge in [-0.2, -0.15) is 0 Å². The van der Waals surface area contributed by atoms with Crippen molar-refractivity contribution >= 4 is 17.2 Å². The largest absolute Gasteiger partial charge is 0.334 e. The Hall–Kier alpha value is -1.66. The maximum atomic E-state index is 12.7. The second-order valence-electron chi connectivity index (χ2n) is 6.29. The molecule has 0 aromatic carbocycles. The summed E-state index contributed by atoms with van der Waals surface area (Å²) in [4.78, 5) is 22.6. The minimum atomic E-state index is 0.220. The molecule has 1 aliphatic heterocycles. The van der Waals surface area contributed by atoms with Crippen LogP contribution in [0.1, 0.15) is 36.9 Å². The summed E-state index contributed by atoms with van der Waals surface area (Å²) in [6.07, 6.45) is 5.38. The highest BCUT2D eigenvalue weighted by molar-refractivity contribution is 7.10. The SMILES string of the molecule is CCN(CC)CCC1CN(C(=O)Cc2cccs2)Cc2cncn21. The van der Waals surface area contributed by atoms with Crippen molar-refractivity contribution in [2.75, 3.05) is 26.2 Å². The molecule has 3 heterocycles. The van der Waals surface area contributed by atoms with Gasteiger partial charge in [0.15, 0.2) is 0 Å². The van der Waals surface area contributed by atoms with Gasteiger partial charge in [0.25, 0.3) is 0 Å². The van der Waals surface area contributed by atoms with Crippen LogP contribution in [0.4, 0.5) is 0 Å². The maximum absolute atomic E-state index is 12.7. The van der Waals surface area contributed by atoms with E-state index < -0.39 is 0 Å². The lowest BCUT2D eigenvalue weighted by atomic mass is 10.1. The second-order valence-corrected chi connectivity index (χ2v) is 7.32. The molecule has 0 radical (unpaired) electrons. The highest BCUT2D eigenvalue weighted by Gasteiger charge is 2.28. The van der Waals surface area contributed by atoms with Crippen molar-refractivity contribution in [3.8, 4) is 0 Å². The van der Waals surface area contributed by atoms with Crippen molar-refractivity contribution in [3.05, 3.63) is 40.6 Å². The average molecular weight is 347 g/mol. The topological polar surface area (TPSA) is 41.4 Å². The number of hydrogen-bond donors (Lipinski definition) is 0. The van der Waals surface area contributed by atoms with Gasteiger partial charge in [0.05, 0.1) is 31.0 Å². The number of rotatable bonds is 7. The maximum Gasteiger partial charge on any atom is 0.228 e. The number of thiophene rings is 1. The van der Waals surface area contributed by atoms with Crippen LogP contribution >= 0.6 is 11.3 Å². The Labute approximate surface area is 147 Å². The predicted molar refractivity (Wildman–Crippen MR) is 97.1 cm³/mol. The summed E-state index contributed by atoms with van der Waals surface area (Å²) in [5.41, 5.74) is 1.14. The molecule has 0 fully saturated rings. The van der Waals surface area contributed by atoms with Gasteiger partial charge in [-0.25, -0.2) is 4.98 Å². The fourth-order valence-corrected chi connectivity index (χ4v) is 4.05. The highest BCUT2D eigenvalue weighted by Crippen LogP contribution is 2.25. The third kappa shape index (κ3) is 3.87. The summed E-state index contributed by atoms with van der Waals surface area (Å²) in [5.74, 6) is 0.220. The normalized spacial score (nSPS) is 17.3. The summed E-state index contributed by atoms with van der Waals surface area (Å²) in [6.45, 7) is 9.05. The Morgan fingerprint density at radius 2 is 2.25 bits per heavy atom. The number of nitrogens with zero attached hydrogens (tertiary/aromatic N) is 4. The number of fused-ring (bicyclic) bond motifs is 1. The number of amides is 1. The third-order valence-corrected chi connectivity index (χ3v) is 5.73. The lowest BCUT2D eigenvalue weighted by Crippen LogP contribution is -2.42. The third-order valence-electron chi connectivity index (χ3n) is 4.85. The van der Waals surface area contributed by atoms with E-state index >= 15 is 0 Å². The molecule has 1 amide bonds. The second kappa shape index (κ2) is 7.94. The van der Waals surface area contributed by atoms with Gasteiger partial charge in [-0.15, -0.1) is 11.3 Å². The summed E-state index contributed by atoms with van der Waals surface area (Å²) >= 11 is 1.65. The molecule has 1 unspecified atom stereocenters. The lowest BCUT2D eigenvalue weighted by Gasteiger charge is -2.35. The smallest absolute Gasteiger partial charge is 0.228 e. The van der Waals surface area contributed by atoms with E-state index in [1.165, 1.54) is 0 Å². The van der Waals surface area contributed by atoms with Crippen molar-refractivity contribution in [3.63, 3.8) is 0 Å². The van der Waals surface area contributed by atoms with Crippen LogP contribution in [-0.4, -0.2) is 51.4 Å². The van der Waals surface area contributed by atoms with Crippen LogP contribution in [-0.2, 0) is 17.8 Å². The molecular formula is C18H26N4OS. The van der Waals surface area contributed by atoms with Gasteiger partial charge in [-0.05, 0) is 31.0 Å². The molecule has 0 N–H and O–H groups in total. The van der Waals surface area contributed by atoms with E-state index in [9.17, 15) is 4.79 Å². The monoisotopic (exact) mass is 346 g/mol. The van der Waals surface area contributed by atoms with Crippen LogP contribution < -0.4 is 0 Å². The molecular weight excluding hydrogens is 320 g/mol. The van der Waals surface area contributed by atoms with E-state index in [0.29, 0.717) is 19.0 Å². The number of aromatic nitrogens is 2. The number of imidazole rings is 1. The Morgan fingerprint density at radius 1 is 1.42 bits per heavy atom. The zero-order chi connectivity index (χ0) is 16.9. The Kier molecular flexibility index (Phi) is 5.68. The Morgan fingerprint density at radius 3 is 2.96 bits per heavy atom. The van der Waals surface area contributed by atoms with Crippen LogP contribution in [0.25, 0.3) is 0 Å². The van der Waals surface area contributed by atoms with Crippen LogP contribution in [0, 0.1) is 0 Å². The van der Waals surface area contributed by atoms with E-state index in [-0.39, 0.29) is 5.91 Å². The molecule has 0 spiro atoms. The van der Waals surface area contributed by atoms with Gasteiger partial charge in [0, 0.05) is 24.2 Å². The van der Waals surface area contributed by atoms with E-state index in [2.05, 4.69) is 28.3 Å². The molecule has 1 atom stereocenters. The molecule has 5 nitrogen and oxygen atoms in total. The number of carbonyl (C=O) groups excluding carboxylic acids is 1. The molecule has 130 valence electrons. The summed E-state index contributed by atoms with van der Waals surface area (Å²) in [6, 6.07) is 4.37. The van der Waals surface area contributed by atoms with E-state index in [4.69, 9.17) is 0 Å². The quantitative estimate of drug-likeness (QED) is 0.774. The van der Waals surface area contributed by atoms with Crippen LogP contribution in [0.5, 0.6) is 0 Å². The van der Waals surface area contributed by atoms with Gasteiger partial charge in [-0.1, -0.05) is 19.9 Å². The van der Waals surface area contributed by atoms with Gasteiger partial charge < -0.3 is 14.4 Å². The molecule has 0 saturated carbocycles. The summed E-state index contributed by atoms with van der Waals surface area (Å²) in [5, 5.41) is 2.03. The Balaban J connectivity index is 1.67. The van der Waals surface area contributed by atoms with E-state index in [0.717, 1.165) is 43.2 Å². The van der Waals surface area contributed by atoms with Crippen molar-refractivity contribution in [2.24, 2.45) is 0 Å². The predicted octanol–water partition coefficient (Wildman–Crippen LogP) is 2.80. The highest BCUT2D eigenvalue weighted by atomic mass is 32.1. The van der Waals surface area contributed by atoms with Gasteiger partial charge in [0.2, 0.25) is 5.91 Å². The summed E-state index contributed by atoms with van der Waals surface area (Å²) in [7, 11) is 0. The molecule has 0 aliphatic carbocycles. The number of hydrogen-bond acceptors (Lipinski definition) is 4. The average Bonchev–Trinajstić information content (AvgIpc) is 3.26. The molecule has 0 bridgehead atoms. The van der Waals surface area contributed by atoms with E-state index in [1.807, 2.05) is 34.9 Å². The first-order valence-corrected chi connectivity index (χ1v) is 9.62. The van der Waals surface area contributed by atoms with Gasteiger partial charge in [-0.3, -0.25) is 4.79 Å². The van der Waals surface area contributed by atoms with Crippen molar-refractivity contribution in [1.82, 2.24) is 19.4 Å². The van der Waals surface area contributed by atoms with Gasteiger partial charge >= 0.3 is 0 Å². The fourth-order valence-electron chi connectivity index (χ4n) is 3.35. The van der Waals surface area contributed by atoms with Crippen molar-refractivity contribution in [2.45, 2.75) is 39.3 Å². The minimum Gasteiger partial charge on any atom is -0.334 e. The van der Waals surface area contributed by atoms with E-state index in [1.54, 1.807) is 11.3 Å². The zero-order valence-electron chi connectivity index (χ0n) is 14.5. The Bertz CT molecular complexity index is 648. The molecule has 3 rings (SSSR count). The minimum absolute atomic E-state index is 0.220. The standard InChI is InChI=1S/C18H26N4OS/c1-3-20(4-2)8-7-15-12-21(13-16-11-19-14-22(15)16)18(23)10-17-6-5-9-24-17/h5-6,9,11,14-15H,3-4,7-8,10,12-13H2,1-2H3. The van der Waals surface area contributed by atoms with Crippen LogP contribution in [0.15, 0.2) is 30.0 Å². The first-order chi connectivity index (χ1) is 11.7. The summed E-state index contributed by atoms with van der Waals surface area (Å²) < 4.78 is 2.26.